The minimum absolute atomic E-state index is 0.0934. The molecule has 7 nitrogen and oxygen atoms in total. The number of thiophene rings is 1. The molecule has 27 heavy (non-hydrogen) atoms. The number of nitrogens with zero attached hydrogens (tertiary/aromatic N) is 4. The van der Waals surface area contributed by atoms with Crippen LogP contribution in [0.3, 0.4) is 0 Å². The molecule has 1 atom stereocenters. The van der Waals surface area contributed by atoms with Crippen molar-refractivity contribution in [3.05, 3.63) is 57.7 Å². The Labute approximate surface area is 161 Å². The van der Waals surface area contributed by atoms with E-state index in [0.717, 1.165) is 54.4 Å². The SMILES string of the molecule is COc1ncc(CN2CCCC(c3nc(-c4cccs4)cc(=O)[nH]3)C2)cn1. The number of nitrogens with one attached hydrogen (secondary N) is 1. The molecule has 140 valence electrons. The van der Waals surface area contributed by atoms with Crippen LogP contribution in [0.25, 0.3) is 10.6 Å². The van der Waals surface area contributed by atoms with Crippen LogP contribution in [0.2, 0.25) is 0 Å². The standard InChI is InChI=1S/C19H21N5O2S/c1-26-19-20-9-13(10-21-19)11-24-6-2-4-14(12-24)18-22-15(8-17(25)23-18)16-5-3-7-27-16/h3,5,7-10,14H,2,4,6,11-12H2,1H3,(H,22,23,25). The number of piperidine rings is 1. The molecule has 1 aliphatic rings. The summed E-state index contributed by atoms with van der Waals surface area (Å²) in [4.78, 5) is 31.6. The molecule has 0 aliphatic carbocycles. The van der Waals surface area contributed by atoms with E-state index in [1.165, 1.54) is 0 Å². The molecule has 3 aromatic heterocycles. The molecule has 3 aromatic rings. The lowest BCUT2D eigenvalue weighted by Crippen LogP contribution is -2.35. The highest BCUT2D eigenvalue weighted by molar-refractivity contribution is 7.13. The number of rotatable bonds is 5. The maximum absolute atomic E-state index is 12.1. The Morgan fingerprint density at radius 1 is 1.37 bits per heavy atom. The smallest absolute Gasteiger partial charge is 0.316 e. The van der Waals surface area contributed by atoms with E-state index in [9.17, 15) is 4.79 Å². The molecule has 8 heteroatoms. The highest BCUT2D eigenvalue weighted by Crippen LogP contribution is 2.27. The Bertz CT molecular complexity index is 939. The number of hydrogen-bond acceptors (Lipinski definition) is 7. The van der Waals surface area contributed by atoms with Crippen molar-refractivity contribution in [3.8, 4) is 16.6 Å². The van der Waals surface area contributed by atoms with Gasteiger partial charge in [0.2, 0.25) is 0 Å². The molecule has 0 amide bonds. The van der Waals surface area contributed by atoms with E-state index in [2.05, 4.69) is 19.9 Å². The quantitative estimate of drug-likeness (QED) is 0.729. The lowest BCUT2D eigenvalue weighted by Gasteiger charge is -2.32. The molecule has 0 bridgehead atoms. The summed E-state index contributed by atoms with van der Waals surface area (Å²) in [6.45, 7) is 2.63. The number of hydrogen-bond donors (Lipinski definition) is 1. The summed E-state index contributed by atoms with van der Waals surface area (Å²) in [7, 11) is 1.56. The van der Waals surface area contributed by atoms with Gasteiger partial charge in [0.15, 0.2) is 0 Å². The first-order valence-electron chi connectivity index (χ1n) is 8.93. The maximum Gasteiger partial charge on any atom is 0.316 e. The fraction of sp³-hybridized carbons (Fsp3) is 0.368. The van der Waals surface area contributed by atoms with Crippen LogP contribution in [0.15, 0.2) is 40.8 Å². The van der Waals surface area contributed by atoms with E-state index in [-0.39, 0.29) is 11.5 Å². The van der Waals surface area contributed by atoms with Crippen LogP contribution in [-0.4, -0.2) is 45.0 Å². The van der Waals surface area contributed by atoms with Gasteiger partial charge in [-0.2, -0.15) is 0 Å². The minimum Gasteiger partial charge on any atom is -0.467 e. The Hall–Kier alpha value is -2.58. The van der Waals surface area contributed by atoms with Crippen molar-refractivity contribution in [2.24, 2.45) is 0 Å². The van der Waals surface area contributed by atoms with Gasteiger partial charge >= 0.3 is 6.01 Å². The summed E-state index contributed by atoms with van der Waals surface area (Å²) < 4.78 is 5.01. The summed E-state index contributed by atoms with van der Waals surface area (Å²) in [6, 6.07) is 5.92. The van der Waals surface area contributed by atoms with Crippen LogP contribution < -0.4 is 10.3 Å². The lowest BCUT2D eigenvalue weighted by atomic mass is 9.96. The lowest BCUT2D eigenvalue weighted by molar-refractivity contribution is 0.196. The van der Waals surface area contributed by atoms with Crippen molar-refractivity contribution in [3.63, 3.8) is 0 Å². The predicted octanol–water partition coefficient (Wildman–Crippen LogP) is 2.68. The van der Waals surface area contributed by atoms with Crippen molar-refractivity contribution < 1.29 is 4.74 Å². The maximum atomic E-state index is 12.1. The zero-order valence-corrected chi connectivity index (χ0v) is 15.9. The van der Waals surface area contributed by atoms with Crippen molar-refractivity contribution in [1.82, 2.24) is 24.8 Å². The van der Waals surface area contributed by atoms with Gasteiger partial charge in [-0.1, -0.05) is 6.07 Å². The predicted molar refractivity (Wildman–Crippen MR) is 104 cm³/mol. The molecule has 1 fully saturated rings. The molecule has 4 rings (SSSR count). The normalized spacial score (nSPS) is 17.7. The summed E-state index contributed by atoms with van der Waals surface area (Å²) in [6.07, 6.45) is 5.68. The fourth-order valence-electron chi connectivity index (χ4n) is 3.43. The third kappa shape index (κ3) is 4.23. The van der Waals surface area contributed by atoms with Crippen LogP contribution in [0.5, 0.6) is 6.01 Å². The number of H-pyrrole nitrogens is 1. The minimum atomic E-state index is -0.0934. The van der Waals surface area contributed by atoms with E-state index in [1.54, 1.807) is 36.9 Å². The van der Waals surface area contributed by atoms with Crippen LogP contribution >= 0.6 is 11.3 Å². The van der Waals surface area contributed by atoms with Gasteiger partial charge < -0.3 is 9.72 Å². The molecule has 0 aromatic carbocycles. The Balaban J connectivity index is 1.50. The van der Waals surface area contributed by atoms with E-state index >= 15 is 0 Å². The third-order valence-electron chi connectivity index (χ3n) is 4.70. The zero-order chi connectivity index (χ0) is 18.6. The Kier molecular flexibility index (Phi) is 5.26. The van der Waals surface area contributed by atoms with E-state index in [1.807, 2.05) is 17.5 Å². The number of aromatic nitrogens is 4. The largest absolute Gasteiger partial charge is 0.467 e. The van der Waals surface area contributed by atoms with Crippen LogP contribution in [0, 0.1) is 0 Å². The number of likely N-dealkylation sites (tertiary alicyclic amines) is 1. The summed E-state index contributed by atoms with van der Waals surface area (Å²) in [5.41, 5.74) is 1.71. The van der Waals surface area contributed by atoms with Crippen molar-refractivity contribution >= 4 is 11.3 Å². The van der Waals surface area contributed by atoms with Gasteiger partial charge in [0.05, 0.1) is 17.7 Å². The second-order valence-corrected chi connectivity index (χ2v) is 7.59. The number of methoxy groups -OCH3 is 1. The molecular weight excluding hydrogens is 362 g/mol. The first-order valence-corrected chi connectivity index (χ1v) is 9.81. The first-order chi connectivity index (χ1) is 13.2. The van der Waals surface area contributed by atoms with E-state index in [0.29, 0.717) is 6.01 Å². The molecule has 0 saturated carbocycles. The molecule has 0 spiro atoms. The fourth-order valence-corrected chi connectivity index (χ4v) is 4.12. The molecule has 1 aliphatic heterocycles. The van der Waals surface area contributed by atoms with Crippen LogP contribution in [-0.2, 0) is 6.54 Å². The highest BCUT2D eigenvalue weighted by atomic mass is 32.1. The van der Waals surface area contributed by atoms with Gasteiger partial charge in [-0.05, 0) is 30.8 Å². The van der Waals surface area contributed by atoms with Gasteiger partial charge in [0.1, 0.15) is 5.82 Å². The summed E-state index contributed by atoms with van der Waals surface area (Å²) in [5, 5.41) is 2.00. The van der Waals surface area contributed by atoms with Gasteiger partial charge in [-0.25, -0.2) is 15.0 Å². The average molecular weight is 383 g/mol. The summed E-state index contributed by atoms with van der Waals surface area (Å²) >= 11 is 1.60. The van der Waals surface area contributed by atoms with Crippen molar-refractivity contribution in [2.75, 3.05) is 20.2 Å². The van der Waals surface area contributed by atoms with Gasteiger partial charge in [-0.3, -0.25) is 9.69 Å². The third-order valence-corrected chi connectivity index (χ3v) is 5.59. The van der Waals surface area contributed by atoms with Crippen molar-refractivity contribution in [2.45, 2.75) is 25.3 Å². The average Bonchev–Trinajstić information content (AvgIpc) is 3.23. The van der Waals surface area contributed by atoms with Crippen LogP contribution in [0.1, 0.15) is 30.1 Å². The van der Waals surface area contributed by atoms with E-state index < -0.39 is 0 Å². The molecule has 1 N–H and O–H groups in total. The zero-order valence-electron chi connectivity index (χ0n) is 15.1. The molecule has 1 unspecified atom stereocenters. The van der Waals surface area contributed by atoms with Gasteiger partial charge in [0, 0.05) is 43.0 Å². The molecule has 4 heterocycles. The molecular formula is C19H21N5O2S. The number of aromatic amines is 1. The van der Waals surface area contributed by atoms with Crippen LogP contribution in [0.4, 0.5) is 0 Å². The second-order valence-electron chi connectivity index (χ2n) is 6.65. The monoisotopic (exact) mass is 383 g/mol. The first kappa shape index (κ1) is 17.8. The topological polar surface area (TPSA) is 84.0 Å². The van der Waals surface area contributed by atoms with Gasteiger partial charge in [-0.15, -0.1) is 11.3 Å². The molecule has 0 radical (unpaired) electrons. The highest BCUT2D eigenvalue weighted by Gasteiger charge is 2.24. The second kappa shape index (κ2) is 7.98. The Morgan fingerprint density at radius 2 is 2.22 bits per heavy atom. The number of ether oxygens (including phenoxy) is 1. The van der Waals surface area contributed by atoms with Gasteiger partial charge in [0.25, 0.3) is 5.56 Å². The Morgan fingerprint density at radius 3 is 2.96 bits per heavy atom. The van der Waals surface area contributed by atoms with E-state index in [4.69, 9.17) is 9.72 Å². The molecule has 1 saturated heterocycles. The van der Waals surface area contributed by atoms with Crippen molar-refractivity contribution in [1.29, 1.82) is 0 Å². The summed E-state index contributed by atoms with van der Waals surface area (Å²) in [5.74, 6) is 0.993.